The number of hydrogen-bond acceptors (Lipinski definition) is 6. The van der Waals surface area contributed by atoms with Crippen molar-refractivity contribution < 1.29 is 0 Å². The Morgan fingerprint density at radius 1 is 1.18 bits per heavy atom. The van der Waals surface area contributed by atoms with E-state index in [1.807, 2.05) is 12.3 Å². The lowest BCUT2D eigenvalue weighted by molar-refractivity contribution is 0.170. The van der Waals surface area contributed by atoms with Crippen molar-refractivity contribution in [3.63, 3.8) is 0 Å². The number of rotatable bonds is 6. The van der Waals surface area contributed by atoms with Crippen LogP contribution < -0.4 is 16.4 Å². The van der Waals surface area contributed by atoms with Crippen LogP contribution in [0.1, 0.15) is 65.7 Å². The van der Waals surface area contributed by atoms with Gasteiger partial charge in [-0.15, -0.1) is 11.3 Å². The second-order valence-electron chi connectivity index (χ2n) is 10.2. The van der Waals surface area contributed by atoms with E-state index in [1.165, 1.54) is 9.75 Å². The summed E-state index contributed by atoms with van der Waals surface area (Å²) in [5.41, 5.74) is 7.15. The van der Waals surface area contributed by atoms with E-state index in [0.29, 0.717) is 12.0 Å². The van der Waals surface area contributed by atoms with E-state index in [-0.39, 0.29) is 16.6 Å². The minimum atomic E-state index is -0.132. The first-order chi connectivity index (χ1) is 12.9. The number of aromatic nitrogens is 2. The van der Waals surface area contributed by atoms with Crippen LogP contribution in [0.15, 0.2) is 24.4 Å². The van der Waals surface area contributed by atoms with Gasteiger partial charge in [0.25, 0.3) is 0 Å². The quantitative estimate of drug-likeness (QED) is 0.660. The molecule has 5 nitrogen and oxygen atoms in total. The van der Waals surface area contributed by atoms with Crippen LogP contribution in [0.3, 0.4) is 0 Å². The van der Waals surface area contributed by atoms with Crippen molar-refractivity contribution >= 4 is 17.3 Å². The van der Waals surface area contributed by atoms with Crippen molar-refractivity contribution in [2.75, 3.05) is 5.32 Å². The predicted molar refractivity (Wildman–Crippen MR) is 120 cm³/mol. The lowest BCUT2D eigenvalue weighted by Gasteiger charge is -2.46. The molecular formula is C22H35N5S. The minimum Gasteiger partial charge on any atom is -0.351 e. The Kier molecular flexibility index (Phi) is 5.86. The van der Waals surface area contributed by atoms with Crippen LogP contribution in [0.25, 0.3) is 10.6 Å². The first-order valence-electron chi connectivity index (χ1n) is 10.2. The van der Waals surface area contributed by atoms with Gasteiger partial charge in [0.1, 0.15) is 0 Å². The minimum absolute atomic E-state index is 0.0937. The maximum Gasteiger partial charge on any atom is 0.223 e. The standard InChI is InChI=1S/C22H35N5S/c1-20(2,23)11-9-16-7-8-18(28-16)17-10-12-24-19(26-17)25-15-13-21(3,4)27-22(5,6)14-15/h7-8,10,12,15,27H,9,11,13-14,23H2,1-6H3,(H,24,25,26). The third kappa shape index (κ3) is 6.00. The van der Waals surface area contributed by atoms with Crippen molar-refractivity contribution in [2.24, 2.45) is 5.73 Å². The van der Waals surface area contributed by atoms with E-state index < -0.39 is 0 Å². The SMILES string of the molecule is CC(C)(N)CCc1ccc(-c2ccnc(NC3CC(C)(C)NC(C)(C)C3)n2)s1. The molecule has 2 aromatic heterocycles. The third-order valence-corrected chi connectivity index (χ3v) is 6.28. The molecule has 1 aliphatic heterocycles. The van der Waals surface area contributed by atoms with E-state index in [4.69, 9.17) is 10.7 Å². The number of nitrogens with two attached hydrogens (primary N) is 1. The Morgan fingerprint density at radius 3 is 2.50 bits per heavy atom. The van der Waals surface area contributed by atoms with Crippen LogP contribution in [0, 0.1) is 0 Å². The number of anilines is 1. The maximum absolute atomic E-state index is 6.12. The Balaban J connectivity index is 1.70. The molecule has 0 amide bonds. The highest BCUT2D eigenvalue weighted by atomic mass is 32.1. The molecule has 0 saturated carbocycles. The van der Waals surface area contributed by atoms with Crippen LogP contribution in [0.5, 0.6) is 0 Å². The molecule has 0 radical (unpaired) electrons. The number of piperidine rings is 1. The summed E-state index contributed by atoms with van der Waals surface area (Å²) in [7, 11) is 0. The molecule has 0 unspecified atom stereocenters. The number of aryl methyl sites for hydroxylation is 1. The zero-order valence-electron chi connectivity index (χ0n) is 18.1. The Labute approximate surface area is 173 Å². The summed E-state index contributed by atoms with van der Waals surface area (Å²) in [6.07, 6.45) is 5.92. The van der Waals surface area contributed by atoms with E-state index >= 15 is 0 Å². The topological polar surface area (TPSA) is 75.9 Å². The molecule has 1 aliphatic rings. The smallest absolute Gasteiger partial charge is 0.223 e. The number of hydrogen-bond donors (Lipinski definition) is 3. The summed E-state index contributed by atoms with van der Waals surface area (Å²) in [6, 6.07) is 6.70. The fourth-order valence-electron chi connectivity index (χ4n) is 4.27. The van der Waals surface area contributed by atoms with Crippen molar-refractivity contribution in [2.45, 2.75) is 89.9 Å². The summed E-state index contributed by atoms with van der Waals surface area (Å²) in [6.45, 7) is 13.2. The maximum atomic E-state index is 6.12. The summed E-state index contributed by atoms with van der Waals surface area (Å²) < 4.78 is 0. The molecule has 0 spiro atoms. The van der Waals surface area contributed by atoms with Crippen molar-refractivity contribution in [3.05, 3.63) is 29.3 Å². The molecule has 3 rings (SSSR count). The summed E-state index contributed by atoms with van der Waals surface area (Å²) in [4.78, 5) is 11.8. The highest BCUT2D eigenvalue weighted by Crippen LogP contribution is 2.31. The van der Waals surface area contributed by atoms with Gasteiger partial charge in [0.15, 0.2) is 0 Å². The van der Waals surface area contributed by atoms with Crippen LogP contribution >= 0.6 is 11.3 Å². The molecule has 154 valence electrons. The molecule has 6 heteroatoms. The fourth-order valence-corrected chi connectivity index (χ4v) is 5.24. The molecule has 0 aliphatic carbocycles. The van der Waals surface area contributed by atoms with Crippen LogP contribution in [0.2, 0.25) is 0 Å². The largest absolute Gasteiger partial charge is 0.351 e. The molecule has 2 aromatic rings. The highest BCUT2D eigenvalue weighted by Gasteiger charge is 2.37. The molecule has 1 fully saturated rings. The van der Waals surface area contributed by atoms with Crippen molar-refractivity contribution in [1.82, 2.24) is 15.3 Å². The van der Waals surface area contributed by atoms with Crippen LogP contribution in [0.4, 0.5) is 5.95 Å². The van der Waals surface area contributed by atoms with Gasteiger partial charge in [0, 0.05) is 33.7 Å². The molecule has 3 heterocycles. The second kappa shape index (κ2) is 7.73. The summed E-state index contributed by atoms with van der Waals surface area (Å²) >= 11 is 1.80. The first kappa shape index (κ1) is 21.2. The number of thiophene rings is 1. The van der Waals surface area contributed by atoms with Crippen LogP contribution in [-0.4, -0.2) is 32.6 Å². The van der Waals surface area contributed by atoms with Gasteiger partial charge in [-0.05, 0) is 85.4 Å². The molecule has 28 heavy (non-hydrogen) atoms. The monoisotopic (exact) mass is 401 g/mol. The molecule has 4 N–H and O–H groups in total. The van der Waals surface area contributed by atoms with Crippen LogP contribution in [-0.2, 0) is 6.42 Å². The molecule has 1 saturated heterocycles. The van der Waals surface area contributed by atoms with Gasteiger partial charge >= 0.3 is 0 Å². The Bertz CT molecular complexity index is 787. The fraction of sp³-hybridized carbons (Fsp3) is 0.636. The van der Waals surface area contributed by atoms with Crippen molar-refractivity contribution in [1.29, 1.82) is 0 Å². The molecule has 0 atom stereocenters. The normalized spacial score (nSPS) is 19.5. The highest BCUT2D eigenvalue weighted by molar-refractivity contribution is 7.15. The predicted octanol–water partition coefficient (Wildman–Crippen LogP) is 4.60. The van der Waals surface area contributed by atoms with Gasteiger partial charge in [-0.2, -0.15) is 0 Å². The summed E-state index contributed by atoms with van der Waals surface area (Å²) in [5, 5.41) is 7.30. The van der Waals surface area contributed by atoms with Gasteiger partial charge in [-0.1, -0.05) is 0 Å². The summed E-state index contributed by atoms with van der Waals surface area (Å²) in [5.74, 6) is 0.717. The Morgan fingerprint density at radius 2 is 1.86 bits per heavy atom. The second-order valence-corrected chi connectivity index (χ2v) is 11.3. The van der Waals surface area contributed by atoms with E-state index in [1.54, 1.807) is 11.3 Å². The van der Waals surface area contributed by atoms with Gasteiger partial charge in [-0.25, -0.2) is 9.97 Å². The zero-order valence-corrected chi connectivity index (χ0v) is 18.9. The molecule has 0 aromatic carbocycles. The molecule has 0 bridgehead atoms. The Hall–Kier alpha value is -1.50. The van der Waals surface area contributed by atoms with Gasteiger partial charge < -0.3 is 16.4 Å². The first-order valence-corrected chi connectivity index (χ1v) is 11.0. The zero-order chi connectivity index (χ0) is 20.6. The average molecular weight is 402 g/mol. The lowest BCUT2D eigenvalue weighted by Crippen LogP contribution is -2.60. The van der Waals surface area contributed by atoms with Gasteiger partial charge in [-0.3, -0.25) is 0 Å². The van der Waals surface area contributed by atoms with E-state index in [9.17, 15) is 0 Å². The number of nitrogens with one attached hydrogen (secondary N) is 2. The average Bonchev–Trinajstić information content (AvgIpc) is 2.98. The third-order valence-electron chi connectivity index (χ3n) is 5.11. The molecular weight excluding hydrogens is 366 g/mol. The lowest BCUT2D eigenvalue weighted by atomic mass is 9.80. The van der Waals surface area contributed by atoms with Gasteiger partial charge in [0.2, 0.25) is 5.95 Å². The van der Waals surface area contributed by atoms with Crippen molar-refractivity contribution in [3.8, 4) is 10.6 Å². The van der Waals surface area contributed by atoms with Gasteiger partial charge in [0.05, 0.1) is 10.6 Å². The van der Waals surface area contributed by atoms with E-state index in [0.717, 1.165) is 31.4 Å². The van der Waals surface area contributed by atoms with E-state index in [2.05, 4.69) is 69.3 Å². The number of nitrogens with zero attached hydrogens (tertiary/aromatic N) is 2.